The van der Waals surface area contributed by atoms with E-state index in [1.165, 1.54) is 33.7 Å². The van der Waals surface area contributed by atoms with Crippen LogP contribution in [0.4, 0.5) is 0 Å². The van der Waals surface area contributed by atoms with E-state index in [1.54, 1.807) is 0 Å². The molecule has 25 heavy (non-hydrogen) atoms. The van der Waals surface area contributed by atoms with Crippen LogP contribution in [0.25, 0.3) is 5.57 Å². The van der Waals surface area contributed by atoms with E-state index < -0.39 is 0 Å². The molecule has 2 aromatic carbocycles. The van der Waals surface area contributed by atoms with E-state index in [4.69, 9.17) is 0 Å². The lowest BCUT2D eigenvalue weighted by molar-refractivity contribution is 0.481. The molecule has 0 radical (unpaired) electrons. The summed E-state index contributed by atoms with van der Waals surface area (Å²) < 4.78 is 0. The molecule has 2 atom stereocenters. The summed E-state index contributed by atoms with van der Waals surface area (Å²) in [5, 5.41) is 3.71. The summed E-state index contributed by atoms with van der Waals surface area (Å²) in [5.74, 6) is 0.431. The predicted octanol–water partition coefficient (Wildman–Crippen LogP) is 5.57. The number of rotatable bonds is 2. The number of benzene rings is 2. The molecule has 0 aromatic heterocycles. The maximum atomic E-state index is 3.71. The Balaban J connectivity index is 1.77. The lowest BCUT2D eigenvalue weighted by atomic mass is 9.62. The lowest BCUT2D eigenvalue weighted by Crippen LogP contribution is -2.32. The topological polar surface area (TPSA) is 12.0 Å². The van der Waals surface area contributed by atoms with Gasteiger partial charge in [-0.05, 0) is 41.7 Å². The van der Waals surface area contributed by atoms with Crippen molar-refractivity contribution in [2.75, 3.05) is 0 Å². The van der Waals surface area contributed by atoms with Crippen molar-refractivity contribution in [3.63, 3.8) is 0 Å². The van der Waals surface area contributed by atoms with Crippen LogP contribution in [0.1, 0.15) is 30.4 Å². The van der Waals surface area contributed by atoms with E-state index in [0.29, 0.717) is 5.92 Å². The van der Waals surface area contributed by atoms with Gasteiger partial charge in [0.2, 0.25) is 0 Å². The molecule has 0 amide bonds. The van der Waals surface area contributed by atoms with E-state index in [1.807, 2.05) is 0 Å². The maximum Gasteiger partial charge on any atom is 0.0692 e. The number of allylic oxidation sites excluding steroid dienone is 6. The SMILES string of the molecule is CC1=C(c2ccccc2)C23C(=CCC2c2ccccc2)C=CC=C3N1. The van der Waals surface area contributed by atoms with E-state index >= 15 is 0 Å². The summed E-state index contributed by atoms with van der Waals surface area (Å²) in [6.07, 6.45) is 10.3. The fourth-order valence-corrected chi connectivity index (χ4v) is 4.98. The molecule has 1 heterocycles. The second kappa shape index (κ2) is 5.35. The third-order valence-electron chi connectivity index (χ3n) is 5.87. The zero-order valence-corrected chi connectivity index (χ0v) is 14.4. The number of nitrogens with one attached hydrogen (secondary N) is 1. The molecule has 0 saturated heterocycles. The minimum atomic E-state index is -0.0818. The molecule has 2 aliphatic carbocycles. The van der Waals surface area contributed by atoms with Crippen LogP contribution in [0.2, 0.25) is 0 Å². The smallest absolute Gasteiger partial charge is 0.0692 e. The lowest BCUT2D eigenvalue weighted by Gasteiger charge is -2.39. The van der Waals surface area contributed by atoms with Gasteiger partial charge in [0.05, 0.1) is 5.41 Å². The Morgan fingerprint density at radius 1 is 0.960 bits per heavy atom. The van der Waals surface area contributed by atoms with E-state index in [-0.39, 0.29) is 5.41 Å². The molecule has 2 aromatic rings. The minimum absolute atomic E-state index is 0.0818. The van der Waals surface area contributed by atoms with Gasteiger partial charge in [0.25, 0.3) is 0 Å². The van der Waals surface area contributed by atoms with Crippen molar-refractivity contribution < 1.29 is 0 Å². The predicted molar refractivity (Wildman–Crippen MR) is 104 cm³/mol. The van der Waals surface area contributed by atoms with Gasteiger partial charge in [0, 0.05) is 17.3 Å². The van der Waals surface area contributed by atoms with Crippen LogP contribution in [0, 0.1) is 5.41 Å². The molecule has 0 saturated carbocycles. The van der Waals surface area contributed by atoms with E-state index in [2.05, 4.69) is 97.2 Å². The molecule has 1 nitrogen and oxygen atoms in total. The fraction of sp³-hybridized carbons (Fsp3) is 0.167. The third kappa shape index (κ3) is 1.90. The molecule has 1 N–H and O–H groups in total. The van der Waals surface area contributed by atoms with Crippen LogP contribution in [-0.2, 0) is 0 Å². The molecule has 122 valence electrons. The Morgan fingerprint density at radius 2 is 1.68 bits per heavy atom. The molecule has 1 spiro atoms. The molecule has 3 aliphatic rings. The van der Waals surface area contributed by atoms with Crippen molar-refractivity contribution in [1.29, 1.82) is 0 Å². The Labute approximate surface area is 149 Å². The second-order valence-corrected chi connectivity index (χ2v) is 7.10. The molecule has 0 fully saturated rings. The first kappa shape index (κ1) is 14.5. The van der Waals surface area contributed by atoms with Crippen molar-refractivity contribution in [1.82, 2.24) is 5.32 Å². The van der Waals surface area contributed by atoms with Crippen LogP contribution < -0.4 is 5.32 Å². The van der Waals surface area contributed by atoms with Gasteiger partial charge in [-0.1, -0.05) is 78.9 Å². The molecule has 1 heteroatoms. The summed E-state index contributed by atoms with van der Waals surface area (Å²) >= 11 is 0. The minimum Gasteiger partial charge on any atom is -0.361 e. The van der Waals surface area contributed by atoms with Crippen molar-refractivity contribution in [3.05, 3.63) is 113 Å². The van der Waals surface area contributed by atoms with Crippen molar-refractivity contribution in [2.45, 2.75) is 19.3 Å². The summed E-state index contributed by atoms with van der Waals surface area (Å²) in [4.78, 5) is 0. The Kier molecular flexibility index (Phi) is 3.11. The van der Waals surface area contributed by atoms with Crippen molar-refractivity contribution in [3.8, 4) is 0 Å². The monoisotopic (exact) mass is 323 g/mol. The fourth-order valence-electron chi connectivity index (χ4n) is 4.98. The van der Waals surface area contributed by atoms with Gasteiger partial charge >= 0.3 is 0 Å². The Bertz CT molecular complexity index is 944. The van der Waals surface area contributed by atoms with Crippen LogP contribution in [0.3, 0.4) is 0 Å². The highest BCUT2D eigenvalue weighted by Gasteiger charge is 2.55. The second-order valence-electron chi connectivity index (χ2n) is 7.10. The molecule has 2 unspecified atom stereocenters. The van der Waals surface area contributed by atoms with Crippen molar-refractivity contribution >= 4 is 5.57 Å². The largest absolute Gasteiger partial charge is 0.361 e. The highest BCUT2D eigenvalue weighted by molar-refractivity contribution is 5.86. The standard InChI is InChI=1S/C24H21N/c1-17-23(19-11-6-3-7-12-19)24-20(13-8-14-22(24)25-17)15-16-21(24)18-9-4-2-5-10-18/h2-15,21,25H,16H2,1H3. The maximum absolute atomic E-state index is 3.71. The molecule has 5 rings (SSSR count). The summed E-state index contributed by atoms with van der Waals surface area (Å²) in [6, 6.07) is 21.9. The number of hydrogen-bond donors (Lipinski definition) is 1. The van der Waals surface area contributed by atoms with Gasteiger partial charge in [-0.3, -0.25) is 0 Å². The summed E-state index contributed by atoms with van der Waals surface area (Å²) in [5.41, 5.74) is 8.11. The number of hydrogen-bond acceptors (Lipinski definition) is 1. The van der Waals surface area contributed by atoms with Crippen LogP contribution in [0.15, 0.2) is 102 Å². The van der Waals surface area contributed by atoms with Gasteiger partial charge in [-0.2, -0.15) is 0 Å². The first-order valence-corrected chi connectivity index (χ1v) is 9.00. The highest BCUT2D eigenvalue weighted by Crippen LogP contribution is 2.64. The van der Waals surface area contributed by atoms with Gasteiger partial charge in [-0.15, -0.1) is 0 Å². The van der Waals surface area contributed by atoms with Gasteiger partial charge < -0.3 is 5.32 Å². The van der Waals surface area contributed by atoms with E-state index in [0.717, 1.165) is 6.42 Å². The molecule has 0 bridgehead atoms. The Morgan fingerprint density at radius 3 is 2.44 bits per heavy atom. The first-order chi connectivity index (χ1) is 12.3. The van der Waals surface area contributed by atoms with Gasteiger partial charge in [0.1, 0.15) is 0 Å². The van der Waals surface area contributed by atoms with Crippen LogP contribution in [0.5, 0.6) is 0 Å². The van der Waals surface area contributed by atoms with Crippen molar-refractivity contribution in [2.24, 2.45) is 5.41 Å². The summed E-state index contributed by atoms with van der Waals surface area (Å²) in [7, 11) is 0. The first-order valence-electron chi connectivity index (χ1n) is 9.00. The third-order valence-corrected chi connectivity index (χ3v) is 5.87. The highest BCUT2D eigenvalue weighted by atomic mass is 15.0. The Hall–Kier alpha value is -2.80. The van der Waals surface area contributed by atoms with E-state index in [9.17, 15) is 0 Å². The quantitative estimate of drug-likeness (QED) is 0.761. The normalized spacial score (nSPS) is 26.7. The van der Waals surface area contributed by atoms with Gasteiger partial charge in [0.15, 0.2) is 0 Å². The molecular weight excluding hydrogens is 302 g/mol. The van der Waals surface area contributed by atoms with Gasteiger partial charge in [-0.25, -0.2) is 0 Å². The average Bonchev–Trinajstić information content (AvgIpc) is 3.18. The molecule has 1 aliphatic heterocycles. The molecular formula is C24H21N. The summed E-state index contributed by atoms with van der Waals surface area (Å²) in [6.45, 7) is 2.22. The average molecular weight is 323 g/mol. The zero-order chi connectivity index (χ0) is 16.9. The van der Waals surface area contributed by atoms with Crippen LogP contribution in [-0.4, -0.2) is 0 Å². The zero-order valence-electron chi connectivity index (χ0n) is 14.4. The van der Waals surface area contributed by atoms with Crippen LogP contribution >= 0.6 is 0 Å².